The predicted molar refractivity (Wildman–Crippen MR) is 81.8 cm³/mol. The Morgan fingerprint density at radius 2 is 2.00 bits per heavy atom. The maximum Gasteiger partial charge on any atom is 0.243 e. The van der Waals surface area contributed by atoms with Crippen LogP contribution in [0.1, 0.15) is 11.3 Å². The third kappa shape index (κ3) is 3.26. The van der Waals surface area contributed by atoms with E-state index in [1.807, 2.05) is 13.0 Å². The highest BCUT2D eigenvalue weighted by atomic mass is 79.9. The fourth-order valence-electron chi connectivity index (χ4n) is 1.76. The summed E-state index contributed by atoms with van der Waals surface area (Å²) in [6.07, 6.45) is 1.65. The fraction of sp³-hybridized carbons (Fsp3) is 0.214. The molecule has 1 aromatic heterocycles. The minimum absolute atomic E-state index is 0.248. The van der Waals surface area contributed by atoms with Gasteiger partial charge in [-0.25, -0.2) is 8.42 Å². The van der Waals surface area contributed by atoms with Crippen LogP contribution in [0.15, 0.2) is 52.0 Å². The number of nitrogens with zero attached hydrogens (tertiary/aromatic N) is 2. The highest BCUT2D eigenvalue weighted by Crippen LogP contribution is 2.22. The number of aromatic nitrogens is 1. The van der Waals surface area contributed by atoms with Gasteiger partial charge in [-0.1, -0.05) is 22.0 Å². The van der Waals surface area contributed by atoms with E-state index in [4.69, 9.17) is 0 Å². The summed E-state index contributed by atoms with van der Waals surface area (Å²) >= 11 is 3.37. The minimum Gasteiger partial charge on any atom is -0.260 e. The van der Waals surface area contributed by atoms with Gasteiger partial charge in [-0.3, -0.25) is 4.98 Å². The molecule has 0 radical (unpaired) electrons. The smallest absolute Gasteiger partial charge is 0.243 e. The van der Waals surface area contributed by atoms with Gasteiger partial charge in [0.2, 0.25) is 10.0 Å². The zero-order chi connectivity index (χ0) is 14.8. The molecule has 0 bridgehead atoms. The van der Waals surface area contributed by atoms with Crippen molar-refractivity contribution in [3.8, 4) is 0 Å². The number of halogens is 1. The third-order valence-electron chi connectivity index (χ3n) is 2.95. The number of hydrogen-bond donors (Lipinski definition) is 0. The van der Waals surface area contributed by atoms with E-state index in [-0.39, 0.29) is 11.4 Å². The summed E-state index contributed by atoms with van der Waals surface area (Å²) in [5.74, 6) is 0. The van der Waals surface area contributed by atoms with Gasteiger partial charge >= 0.3 is 0 Å². The molecule has 0 atom stereocenters. The van der Waals surface area contributed by atoms with Crippen molar-refractivity contribution in [1.29, 1.82) is 0 Å². The van der Waals surface area contributed by atoms with Crippen molar-refractivity contribution in [3.63, 3.8) is 0 Å². The summed E-state index contributed by atoms with van der Waals surface area (Å²) in [6.45, 7) is 2.11. The Morgan fingerprint density at radius 3 is 2.60 bits per heavy atom. The van der Waals surface area contributed by atoms with Crippen LogP contribution in [0.4, 0.5) is 0 Å². The highest BCUT2D eigenvalue weighted by Gasteiger charge is 2.21. The lowest BCUT2D eigenvalue weighted by Gasteiger charge is -2.17. The van der Waals surface area contributed by atoms with Crippen LogP contribution in [0.3, 0.4) is 0 Å². The topological polar surface area (TPSA) is 50.3 Å². The molecule has 0 N–H and O–H groups in total. The van der Waals surface area contributed by atoms with Gasteiger partial charge in [-0.15, -0.1) is 0 Å². The Kier molecular flexibility index (Phi) is 4.57. The summed E-state index contributed by atoms with van der Waals surface area (Å²) in [5, 5.41) is 0. The van der Waals surface area contributed by atoms with Gasteiger partial charge in [0.25, 0.3) is 0 Å². The largest absolute Gasteiger partial charge is 0.260 e. The Hall–Kier alpha value is -1.24. The van der Waals surface area contributed by atoms with Crippen LogP contribution in [0.5, 0.6) is 0 Å². The van der Waals surface area contributed by atoms with Gasteiger partial charge in [-0.05, 0) is 42.8 Å². The van der Waals surface area contributed by atoms with E-state index < -0.39 is 10.0 Å². The van der Waals surface area contributed by atoms with Crippen LogP contribution in [0.2, 0.25) is 0 Å². The number of pyridine rings is 1. The molecular formula is C14H15BrN2O2S. The SMILES string of the molecule is Cc1cc(S(=O)(=O)N(C)Cc2ccccn2)ccc1Br. The Morgan fingerprint density at radius 1 is 1.25 bits per heavy atom. The molecule has 0 saturated carbocycles. The van der Waals surface area contributed by atoms with Crippen LogP contribution in [-0.4, -0.2) is 24.8 Å². The molecule has 1 heterocycles. The predicted octanol–water partition coefficient (Wildman–Crippen LogP) is 2.97. The Labute approximate surface area is 127 Å². The van der Waals surface area contributed by atoms with Gasteiger partial charge in [-0.2, -0.15) is 4.31 Å². The molecule has 0 aliphatic rings. The van der Waals surface area contributed by atoms with Crippen LogP contribution >= 0.6 is 15.9 Å². The van der Waals surface area contributed by atoms with Crippen molar-refractivity contribution < 1.29 is 8.42 Å². The summed E-state index contributed by atoms with van der Waals surface area (Å²) in [4.78, 5) is 4.43. The van der Waals surface area contributed by atoms with E-state index in [9.17, 15) is 8.42 Å². The zero-order valence-electron chi connectivity index (χ0n) is 11.2. The zero-order valence-corrected chi connectivity index (χ0v) is 13.6. The molecule has 20 heavy (non-hydrogen) atoms. The van der Waals surface area contributed by atoms with E-state index in [1.54, 1.807) is 43.6 Å². The molecule has 2 aromatic rings. The van der Waals surface area contributed by atoms with Crippen molar-refractivity contribution in [2.24, 2.45) is 0 Å². The van der Waals surface area contributed by atoms with E-state index in [1.165, 1.54) is 4.31 Å². The van der Waals surface area contributed by atoms with Crippen molar-refractivity contribution in [1.82, 2.24) is 9.29 Å². The fourth-order valence-corrected chi connectivity index (χ4v) is 3.24. The molecule has 1 aromatic carbocycles. The minimum atomic E-state index is -3.50. The quantitative estimate of drug-likeness (QED) is 0.847. The molecule has 0 unspecified atom stereocenters. The second-order valence-corrected chi connectivity index (χ2v) is 7.39. The molecule has 0 aliphatic carbocycles. The van der Waals surface area contributed by atoms with Gasteiger partial charge < -0.3 is 0 Å². The molecule has 0 saturated heterocycles. The first-order valence-corrected chi connectivity index (χ1v) is 8.27. The summed E-state index contributed by atoms with van der Waals surface area (Å²) in [7, 11) is -1.95. The lowest BCUT2D eigenvalue weighted by molar-refractivity contribution is 0.462. The Balaban J connectivity index is 2.27. The molecular weight excluding hydrogens is 340 g/mol. The lowest BCUT2D eigenvalue weighted by Crippen LogP contribution is -2.26. The monoisotopic (exact) mass is 354 g/mol. The standard InChI is InChI=1S/C14H15BrN2O2S/c1-11-9-13(6-7-14(11)15)20(18,19)17(2)10-12-5-3-4-8-16-12/h3-9H,10H2,1-2H3. The maximum absolute atomic E-state index is 12.5. The number of hydrogen-bond acceptors (Lipinski definition) is 3. The van der Waals surface area contributed by atoms with Gasteiger partial charge in [0.05, 0.1) is 17.1 Å². The van der Waals surface area contributed by atoms with Gasteiger partial charge in [0.1, 0.15) is 0 Å². The maximum atomic E-state index is 12.5. The second-order valence-electron chi connectivity index (χ2n) is 4.49. The van der Waals surface area contributed by atoms with E-state index in [2.05, 4.69) is 20.9 Å². The van der Waals surface area contributed by atoms with Gasteiger partial charge in [0, 0.05) is 17.7 Å². The molecule has 0 amide bonds. The van der Waals surface area contributed by atoms with Crippen LogP contribution in [0.25, 0.3) is 0 Å². The van der Waals surface area contributed by atoms with Crippen molar-refractivity contribution in [3.05, 3.63) is 58.3 Å². The number of benzene rings is 1. The average molecular weight is 355 g/mol. The third-order valence-corrected chi connectivity index (χ3v) is 5.64. The molecule has 2 rings (SSSR count). The molecule has 0 spiro atoms. The first kappa shape index (κ1) is 15.2. The second kappa shape index (κ2) is 6.03. The first-order valence-electron chi connectivity index (χ1n) is 6.03. The summed E-state index contributed by atoms with van der Waals surface area (Å²) in [6, 6.07) is 10.5. The van der Waals surface area contributed by atoms with Crippen molar-refractivity contribution in [2.45, 2.75) is 18.4 Å². The highest BCUT2D eigenvalue weighted by molar-refractivity contribution is 9.10. The molecule has 4 nitrogen and oxygen atoms in total. The first-order chi connectivity index (χ1) is 9.41. The van der Waals surface area contributed by atoms with Crippen LogP contribution in [-0.2, 0) is 16.6 Å². The number of rotatable bonds is 4. The normalized spacial score (nSPS) is 11.8. The molecule has 0 aliphatic heterocycles. The Bertz CT molecular complexity index is 702. The van der Waals surface area contributed by atoms with Crippen molar-refractivity contribution >= 4 is 26.0 Å². The van der Waals surface area contributed by atoms with E-state index in [0.717, 1.165) is 10.0 Å². The molecule has 0 fully saturated rings. The number of aryl methyl sites for hydroxylation is 1. The number of sulfonamides is 1. The average Bonchev–Trinajstić information content (AvgIpc) is 2.42. The molecule has 6 heteroatoms. The van der Waals surface area contributed by atoms with E-state index >= 15 is 0 Å². The summed E-state index contributed by atoms with van der Waals surface area (Å²) in [5.41, 5.74) is 1.60. The lowest BCUT2D eigenvalue weighted by atomic mass is 10.2. The van der Waals surface area contributed by atoms with Crippen molar-refractivity contribution in [2.75, 3.05) is 7.05 Å². The summed E-state index contributed by atoms with van der Waals surface area (Å²) < 4.78 is 27.2. The molecule has 106 valence electrons. The van der Waals surface area contributed by atoms with Crippen LogP contribution in [0, 0.1) is 6.92 Å². The van der Waals surface area contributed by atoms with Crippen LogP contribution < -0.4 is 0 Å². The van der Waals surface area contributed by atoms with E-state index in [0.29, 0.717) is 5.69 Å². The van der Waals surface area contributed by atoms with Gasteiger partial charge in [0.15, 0.2) is 0 Å².